The van der Waals surface area contributed by atoms with Crippen molar-refractivity contribution in [1.29, 1.82) is 0 Å². The molecule has 2 heterocycles. The molecule has 0 radical (unpaired) electrons. The summed E-state index contributed by atoms with van der Waals surface area (Å²) in [5, 5.41) is 4.86. The molecule has 2 aliphatic heterocycles. The number of ether oxygens (including phenoxy) is 1. The number of thioether (sulfide) groups is 1. The number of aliphatic imine (C=N–C) groups is 1. The van der Waals surface area contributed by atoms with E-state index in [2.05, 4.69) is 12.2 Å². The maximum absolute atomic E-state index is 5.59. The van der Waals surface area contributed by atoms with Crippen LogP contribution in [-0.4, -0.2) is 36.2 Å². The summed E-state index contributed by atoms with van der Waals surface area (Å²) < 4.78 is 5.59. The largest absolute Gasteiger partial charge is 0.378 e. The molecule has 1 saturated carbocycles. The molecule has 0 aromatic carbocycles. The van der Waals surface area contributed by atoms with Crippen molar-refractivity contribution in [2.75, 3.05) is 18.9 Å². The van der Waals surface area contributed by atoms with Gasteiger partial charge in [-0.05, 0) is 32.1 Å². The van der Waals surface area contributed by atoms with Gasteiger partial charge in [-0.15, -0.1) is 0 Å². The summed E-state index contributed by atoms with van der Waals surface area (Å²) in [5.41, 5.74) is 0. The first-order chi connectivity index (χ1) is 8.83. The van der Waals surface area contributed by atoms with Crippen molar-refractivity contribution in [2.45, 2.75) is 51.2 Å². The first kappa shape index (κ1) is 12.8. The summed E-state index contributed by atoms with van der Waals surface area (Å²) in [6.07, 6.45) is 7.13. The predicted octanol–water partition coefficient (Wildman–Crippen LogP) is 2.66. The Morgan fingerprint density at radius 2 is 2.22 bits per heavy atom. The lowest BCUT2D eigenvalue weighted by molar-refractivity contribution is 0.107. The van der Waals surface area contributed by atoms with E-state index in [4.69, 9.17) is 9.73 Å². The Hall–Kier alpha value is -0.220. The molecular formula is C14H24N2OS. The van der Waals surface area contributed by atoms with Crippen molar-refractivity contribution >= 4 is 16.9 Å². The minimum absolute atomic E-state index is 0.394. The maximum Gasteiger partial charge on any atom is 0.156 e. The van der Waals surface area contributed by atoms with E-state index in [1.54, 1.807) is 0 Å². The smallest absolute Gasteiger partial charge is 0.156 e. The third-order valence-corrected chi connectivity index (χ3v) is 5.77. The van der Waals surface area contributed by atoms with E-state index in [1.807, 2.05) is 11.8 Å². The van der Waals surface area contributed by atoms with Crippen LogP contribution >= 0.6 is 11.8 Å². The standard InChI is InChI=1S/C14H24N2OS/c1-10-11(6-7-17-10)8-15-14-16-13-5-3-2-4-12(13)9-18-14/h10-13H,2-9H2,1H3,(H,15,16). The molecule has 1 aliphatic carbocycles. The van der Waals surface area contributed by atoms with Gasteiger partial charge in [0, 0.05) is 30.9 Å². The van der Waals surface area contributed by atoms with Crippen LogP contribution in [0.15, 0.2) is 4.99 Å². The minimum atomic E-state index is 0.394. The van der Waals surface area contributed by atoms with Gasteiger partial charge in [0.15, 0.2) is 5.17 Å². The van der Waals surface area contributed by atoms with Crippen LogP contribution in [0, 0.1) is 11.8 Å². The average Bonchev–Trinajstić information content (AvgIpc) is 2.82. The van der Waals surface area contributed by atoms with Gasteiger partial charge in [0.1, 0.15) is 0 Å². The van der Waals surface area contributed by atoms with Gasteiger partial charge >= 0.3 is 0 Å². The van der Waals surface area contributed by atoms with E-state index in [9.17, 15) is 0 Å². The molecular weight excluding hydrogens is 244 g/mol. The average molecular weight is 268 g/mol. The second-order valence-corrected chi connectivity index (χ2v) is 6.89. The van der Waals surface area contributed by atoms with E-state index < -0.39 is 0 Å². The van der Waals surface area contributed by atoms with Crippen molar-refractivity contribution in [3.8, 4) is 0 Å². The van der Waals surface area contributed by atoms with Crippen LogP contribution in [0.5, 0.6) is 0 Å². The van der Waals surface area contributed by atoms with Crippen molar-refractivity contribution < 1.29 is 4.74 Å². The number of nitrogens with zero attached hydrogens (tertiary/aromatic N) is 1. The van der Waals surface area contributed by atoms with Crippen LogP contribution in [-0.2, 0) is 4.74 Å². The number of amidine groups is 1. The maximum atomic E-state index is 5.59. The third-order valence-electron chi connectivity index (χ3n) is 4.65. The number of hydrogen-bond donors (Lipinski definition) is 1. The predicted molar refractivity (Wildman–Crippen MR) is 77.2 cm³/mol. The molecule has 4 unspecified atom stereocenters. The zero-order valence-corrected chi connectivity index (χ0v) is 12.0. The number of nitrogens with one attached hydrogen (secondary N) is 1. The lowest BCUT2D eigenvalue weighted by Gasteiger charge is -2.37. The molecule has 1 N–H and O–H groups in total. The van der Waals surface area contributed by atoms with Gasteiger partial charge in [-0.1, -0.05) is 24.6 Å². The SMILES string of the molecule is CC1OCCC1CN=C1NC2CCCCC2CS1. The Bertz CT molecular complexity index is 321. The Morgan fingerprint density at radius 1 is 1.33 bits per heavy atom. The van der Waals surface area contributed by atoms with E-state index >= 15 is 0 Å². The summed E-state index contributed by atoms with van der Waals surface area (Å²) in [4.78, 5) is 4.80. The number of fused-ring (bicyclic) bond motifs is 1. The van der Waals surface area contributed by atoms with E-state index in [-0.39, 0.29) is 0 Å². The van der Waals surface area contributed by atoms with E-state index in [0.717, 1.165) is 19.1 Å². The topological polar surface area (TPSA) is 33.6 Å². The normalized spacial score (nSPS) is 42.6. The molecule has 2 saturated heterocycles. The Kier molecular flexibility index (Phi) is 4.14. The highest BCUT2D eigenvalue weighted by atomic mass is 32.2. The number of hydrogen-bond acceptors (Lipinski definition) is 3. The molecule has 4 atom stereocenters. The molecule has 0 amide bonds. The van der Waals surface area contributed by atoms with Crippen LogP contribution in [0.1, 0.15) is 39.0 Å². The molecule has 18 heavy (non-hydrogen) atoms. The minimum Gasteiger partial charge on any atom is -0.378 e. The van der Waals surface area contributed by atoms with Crippen molar-refractivity contribution in [3.05, 3.63) is 0 Å². The molecule has 102 valence electrons. The fraction of sp³-hybridized carbons (Fsp3) is 0.929. The highest BCUT2D eigenvalue weighted by Crippen LogP contribution is 2.31. The van der Waals surface area contributed by atoms with Gasteiger partial charge < -0.3 is 10.1 Å². The highest BCUT2D eigenvalue weighted by Gasteiger charge is 2.30. The van der Waals surface area contributed by atoms with Crippen molar-refractivity contribution in [1.82, 2.24) is 5.32 Å². The molecule has 0 bridgehead atoms. The summed E-state index contributed by atoms with van der Waals surface area (Å²) in [5.74, 6) is 2.79. The van der Waals surface area contributed by atoms with Crippen LogP contribution in [0.2, 0.25) is 0 Å². The summed E-state index contributed by atoms with van der Waals surface area (Å²) in [6.45, 7) is 4.03. The second-order valence-electron chi connectivity index (χ2n) is 5.88. The Labute approximate surface area is 114 Å². The summed E-state index contributed by atoms with van der Waals surface area (Å²) in [6, 6.07) is 0.705. The molecule has 4 heteroatoms. The van der Waals surface area contributed by atoms with Crippen molar-refractivity contribution in [2.24, 2.45) is 16.8 Å². The van der Waals surface area contributed by atoms with Gasteiger partial charge in [-0.2, -0.15) is 0 Å². The fourth-order valence-corrected chi connectivity index (χ4v) is 4.46. The second kappa shape index (κ2) is 5.83. The van der Waals surface area contributed by atoms with Gasteiger partial charge in [-0.3, -0.25) is 4.99 Å². The molecule has 3 aliphatic rings. The summed E-state index contributed by atoms with van der Waals surface area (Å²) >= 11 is 1.93. The molecule has 3 rings (SSSR count). The van der Waals surface area contributed by atoms with Crippen LogP contribution in [0.25, 0.3) is 0 Å². The lowest BCUT2D eigenvalue weighted by Crippen LogP contribution is -2.46. The Morgan fingerprint density at radius 3 is 3.06 bits per heavy atom. The molecule has 0 spiro atoms. The van der Waals surface area contributed by atoms with Gasteiger partial charge in [-0.25, -0.2) is 0 Å². The van der Waals surface area contributed by atoms with Gasteiger partial charge in [0.2, 0.25) is 0 Å². The van der Waals surface area contributed by atoms with Gasteiger partial charge in [0.25, 0.3) is 0 Å². The van der Waals surface area contributed by atoms with Crippen LogP contribution < -0.4 is 5.32 Å². The zero-order valence-electron chi connectivity index (χ0n) is 11.2. The molecule has 0 aromatic heterocycles. The zero-order chi connectivity index (χ0) is 12.4. The summed E-state index contributed by atoms with van der Waals surface area (Å²) in [7, 11) is 0. The van der Waals surface area contributed by atoms with Crippen LogP contribution in [0.3, 0.4) is 0 Å². The van der Waals surface area contributed by atoms with Crippen molar-refractivity contribution in [3.63, 3.8) is 0 Å². The fourth-order valence-electron chi connectivity index (χ4n) is 3.29. The lowest BCUT2D eigenvalue weighted by atomic mass is 9.86. The molecule has 3 nitrogen and oxygen atoms in total. The molecule has 3 fully saturated rings. The van der Waals surface area contributed by atoms with Gasteiger partial charge in [0.05, 0.1) is 6.10 Å². The first-order valence-corrected chi connectivity index (χ1v) is 8.37. The van der Waals surface area contributed by atoms with E-state index in [1.165, 1.54) is 43.0 Å². The Balaban J connectivity index is 1.53. The molecule has 0 aromatic rings. The highest BCUT2D eigenvalue weighted by molar-refractivity contribution is 8.13. The quantitative estimate of drug-likeness (QED) is 0.836. The number of rotatable bonds is 2. The monoisotopic (exact) mass is 268 g/mol. The third kappa shape index (κ3) is 2.85. The van der Waals surface area contributed by atoms with E-state index in [0.29, 0.717) is 18.1 Å². The first-order valence-electron chi connectivity index (χ1n) is 7.38. The van der Waals surface area contributed by atoms with Crippen LogP contribution in [0.4, 0.5) is 0 Å².